The fraction of sp³-hybridized carbons (Fsp3) is 0.360. The summed E-state index contributed by atoms with van der Waals surface area (Å²) < 4.78 is 16.0. The van der Waals surface area contributed by atoms with Gasteiger partial charge < -0.3 is 24.2 Å². The van der Waals surface area contributed by atoms with Gasteiger partial charge in [-0.2, -0.15) is 0 Å². The molecule has 1 saturated heterocycles. The van der Waals surface area contributed by atoms with Gasteiger partial charge in [-0.1, -0.05) is 18.2 Å². The number of carbonyl (C=O) groups is 2. The summed E-state index contributed by atoms with van der Waals surface area (Å²) in [7, 11) is 4.70. The smallest absolute Gasteiger partial charge is 0.295 e. The minimum Gasteiger partial charge on any atom is -0.507 e. The number of ketones is 1. The van der Waals surface area contributed by atoms with Gasteiger partial charge in [0.2, 0.25) is 0 Å². The summed E-state index contributed by atoms with van der Waals surface area (Å²) in [5.74, 6) is -0.369. The maximum Gasteiger partial charge on any atom is 0.295 e. The van der Waals surface area contributed by atoms with E-state index in [1.807, 2.05) is 26.0 Å². The molecular formula is C25H29NO6. The molecule has 0 bridgehead atoms. The van der Waals surface area contributed by atoms with Gasteiger partial charge in [0.1, 0.15) is 17.3 Å². The average molecular weight is 440 g/mol. The van der Waals surface area contributed by atoms with Crippen LogP contribution in [-0.2, 0) is 14.3 Å². The molecule has 2 aromatic carbocycles. The van der Waals surface area contributed by atoms with Gasteiger partial charge in [0.15, 0.2) is 0 Å². The molecule has 0 aliphatic carbocycles. The fourth-order valence-corrected chi connectivity index (χ4v) is 4.12. The predicted octanol–water partition coefficient (Wildman–Crippen LogP) is 3.78. The molecule has 0 radical (unpaired) electrons. The molecule has 1 aliphatic rings. The number of nitrogens with zero attached hydrogens (tertiary/aromatic N) is 1. The number of carbonyl (C=O) groups excluding carboxylic acids is 2. The fourth-order valence-electron chi connectivity index (χ4n) is 4.12. The van der Waals surface area contributed by atoms with Crippen LogP contribution in [0.1, 0.15) is 34.7 Å². The van der Waals surface area contributed by atoms with Crippen LogP contribution in [0.15, 0.2) is 42.0 Å². The van der Waals surface area contributed by atoms with Crippen LogP contribution in [0.4, 0.5) is 0 Å². The van der Waals surface area contributed by atoms with Crippen molar-refractivity contribution < 1.29 is 28.9 Å². The highest BCUT2D eigenvalue weighted by Gasteiger charge is 2.46. The highest BCUT2D eigenvalue weighted by atomic mass is 16.5. The Balaban J connectivity index is 2.22. The van der Waals surface area contributed by atoms with Crippen LogP contribution in [0.2, 0.25) is 0 Å². The molecule has 7 nitrogen and oxygen atoms in total. The highest BCUT2D eigenvalue weighted by Crippen LogP contribution is 2.43. The number of hydrogen-bond acceptors (Lipinski definition) is 6. The molecule has 0 aromatic heterocycles. The SMILES string of the molecule is COCCCN1C(=O)C(=O)/C(=C(/O)c2cc(C)c(OC)cc2C)C1c1ccccc1OC. The van der Waals surface area contributed by atoms with Gasteiger partial charge in [0.25, 0.3) is 11.7 Å². The van der Waals surface area contributed by atoms with E-state index in [0.29, 0.717) is 42.2 Å². The zero-order valence-corrected chi connectivity index (χ0v) is 19.1. The van der Waals surface area contributed by atoms with Crippen molar-refractivity contribution in [1.29, 1.82) is 0 Å². The van der Waals surface area contributed by atoms with Crippen molar-refractivity contribution in [2.45, 2.75) is 26.3 Å². The first kappa shape index (κ1) is 23.3. The molecule has 170 valence electrons. The zero-order valence-electron chi connectivity index (χ0n) is 19.1. The highest BCUT2D eigenvalue weighted by molar-refractivity contribution is 6.46. The van der Waals surface area contributed by atoms with E-state index in [1.54, 1.807) is 38.5 Å². The average Bonchev–Trinajstić information content (AvgIpc) is 3.04. The summed E-state index contributed by atoms with van der Waals surface area (Å²) in [6, 6.07) is 10.0. The van der Waals surface area contributed by atoms with E-state index in [0.717, 1.165) is 11.1 Å². The van der Waals surface area contributed by atoms with Crippen LogP contribution in [0.5, 0.6) is 11.5 Å². The summed E-state index contributed by atoms with van der Waals surface area (Å²) in [6.07, 6.45) is 0.551. The number of amides is 1. The number of Topliss-reactive ketones (excluding diaryl/α,β-unsaturated/α-hetero) is 1. The first-order valence-corrected chi connectivity index (χ1v) is 10.4. The molecule has 0 saturated carbocycles. The molecule has 7 heteroatoms. The maximum atomic E-state index is 13.2. The first-order chi connectivity index (χ1) is 15.3. The van der Waals surface area contributed by atoms with Gasteiger partial charge in [-0.15, -0.1) is 0 Å². The van der Waals surface area contributed by atoms with Gasteiger partial charge in [-0.3, -0.25) is 9.59 Å². The minimum absolute atomic E-state index is 0.0459. The van der Waals surface area contributed by atoms with Crippen molar-refractivity contribution >= 4 is 17.4 Å². The number of rotatable bonds is 8. The number of likely N-dealkylation sites (tertiary alicyclic amines) is 1. The molecule has 1 unspecified atom stereocenters. The predicted molar refractivity (Wildman–Crippen MR) is 121 cm³/mol. The Morgan fingerprint density at radius 2 is 1.69 bits per heavy atom. The van der Waals surface area contributed by atoms with Gasteiger partial charge in [-0.05, 0) is 49.6 Å². The van der Waals surface area contributed by atoms with Crippen LogP contribution in [0, 0.1) is 13.8 Å². The number of ether oxygens (including phenoxy) is 3. The topological polar surface area (TPSA) is 85.3 Å². The Labute approximate surface area is 188 Å². The Morgan fingerprint density at radius 3 is 2.34 bits per heavy atom. The largest absolute Gasteiger partial charge is 0.507 e. The number of aliphatic hydroxyl groups is 1. The van der Waals surface area contributed by atoms with Crippen LogP contribution in [0.25, 0.3) is 5.76 Å². The van der Waals surface area contributed by atoms with Crippen molar-refractivity contribution in [2.75, 3.05) is 34.5 Å². The number of benzene rings is 2. The lowest BCUT2D eigenvalue weighted by molar-refractivity contribution is -0.140. The minimum atomic E-state index is -0.773. The second-order valence-electron chi connectivity index (χ2n) is 7.72. The van der Waals surface area contributed by atoms with Crippen LogP contribution < -0.4 is 9.47 Å². The Morgan fingerprint density at radius 1 is 1.00 bits per heavy atom. The lowest BCUT2D eigenvalue weighted by Crippen LogP contribution is -2.31. The van der Waals surface area contributed by atoms with E-state index in [2.05, 4.69) is 0 Å². The lowest BCUT2D eigenvalue weighted by Gasteiger charge is -2.26. The summed E-state index contributed by atoms with van der Waals surface area (Å²) in [5, 5.41) is 11.3. The van der Waals surface area contributed by atoms with E-state index in [9.17, 15) is 14.7 Å². The number of para-hydroxylation sites is 1. The van der Waals surface area contributed by atoms with Crippen molar-refractivity contribution in [3.63, 3.8) is 0 Å². The van der Waals surface area contributed by atoms with E-state index < -0.39 is 17.7 Å². The number of aryl methyl sites for hydroxylation is 2. The lowest BCUT2D eigenvalue weighted by atomic mass is 9.92. The molecule has 1 atom stereocenters. The first-order valence-electron chi connectivity index (χ1n) is 10.4. The number of aliphatic hydroxyl groups excluding tert-OH is 1. The standard InChI is InChI=1S/C25H29NO6/c1-15-14-20(32-5)16(2)13-18(15)23(27)21-22(17-9-6-7-10-19(17)31-4)26(11-8-12-30-3)25(29)24(21)28/h6-7,9-10,13-14,22,27H,8,11-12H2,1-5H3/b23-21+. The van der Waals surface area contributed by atoms with Crippen LogP contribution in [0.3, 0.4) is 0 Å². The summed E-state index contributed by atoms with van der Waals surface area (Å²) in [6.45, 7) is 4.43. The molecule has 3 rings (SSSR count). The summed E-state index contributed by atoms with van der Waals surface area (Å²) >= 11 is 0. The molecule has 2 aromatic rings. The third-order valence-corrected chi connectivity index (χ3v) is 5.72. The number of methoxy groups -OCH3 is 3. The normalized spacial score (nSPS) is 17.7. The molecule has 1 amide bonds. The summed E-state index contributed by atoms with van der Waals surface area (Å²) in [5.41, 5.74) is 2.70. The van der Waals surface area contributed by atoms with Crippen LogP contribution >= 0.6 is 0 Å². The summed E-state index contributed by atoms with van der Waals surface area (Å²) in [4.78, 5) is 27.7. The van der Waals surface area contributed by atoms with Gasteiger partial charge in [0.05, 0.1) is 25.8 Å². The second kappa shape index (κ2) is 9.87. The van der Waals surface area contributed by atoms with E-state index in [4.69, 9.17) is 14.2 Å². The molecule has 1 heterocycles. The third kappa shape index (κ3) is 4.21. The molecule has 0 spiro atoms. The second-order valence-corrected chi connectivity index (χ2v) is 7.72. The Bertz CT molecular complexity index is 1060. The third-order valence-electron chi connectivity index (χ3n) is 5.72. The Hall–Kier alpha value is -3.32. The molecule has 1 aliphatic heterocycles. The van der Waals surface area contributed by atoms with E-state index in [-0.39, 0.29) is 11.3 Å². The van der Waals surface area contributed by atoms with Crippen molar-refractivity contribution in [3.05, 3.63) is 64.2 Å². The van der Waals surface area contributed by atoms with Gasteiger partial charge >= 0.3 is 0 Å². The quantitative estimate of drug-likeness (QED) is 0.292. The molecular weight excluding hydrogens is 410 g/mol. The van der Waals surface area contributed by atoms with Crippen molar-refractivity contribution in [1.82, 2.24) is 4.90 Å². The number of hydrogen-bond donors (Lipinski definition) is 1. The van der Waals surface area contributed by atoms with Gasteiger partial charge in [0, 0.05) is 31.4 Å². The van der Waals surface area contributed by atoms with Gasteiger partial charge in [-0.25, -0.2) is 0 Å². The van der Waals surface area contributed by atoms with Crippen molar-refractivity contribution in [3.8, 4) is 11.5 Å². The van der Waals surface area contributed by atoms with E-state index in [1.165, 1.54) is 12.0 Å². The molecule has 1 N–H and O–H groups in total. The van der Waals surface area contributed by atoms with Crippen LogP contribution in [-0.4, -0.2) is 56.2 Å². The Kier molecular flexibility index (Phi) is 7.20. The van der Waals surface area contributed by atoms with E-state index >= 15 is 0 Å². The maximum absolute atomic E-state index is 13.2. The van der Waals surface area contributed by atoms with Crippen molar-refractivity contribution in [2.24, 2.45) is 0 Å². The zero-order chi connectivity index (χ0) is 23.4. The molecule has 1 fully saturated rings. The molecule has 32 heavy (non-hydrogen) atoms. The monoisotopic (exact) mass is 439 g/mol.